The van der Waals surface area contributed by atoms with Crippen LogP contribution in [0.1, 0.15) is 40.3 Å². The quantitative estimate of drug-likeness (QED) is 0.310. The number of hydrogen-bond acceptors (Lipinski definition) is 3. The predicted molar refractivity (Wildman–Crippen MR) is 146 cm³/mol. The Morgan fingerprint density at radius 3 is 2.46 bits per heavy atom. The average molecular weight is 503 g/mol. The smallest absolute Gasteiger partial charge is 0.174 e. The van der Waals surface area contributed by atoms with Gasteiger partial charge in [-0.15, -0.1) is 0 Å². The number of aryl methyl sites for hydroxylation is 2. The number of anilines is 1. The molecule has 0 aliphatic carbocycles. The zero-order valence-electron chi connectivity index (χ0n) is 20.1. The van der Waals surface area contributed by atoms with E-state index in [1.54, 1.807) is 7.11 Å². The number of hydrogen-bond donors (Lipinski definition) is 1. The van der Waals surface area contributed by atoms with Gasteiger partial charge in [-0.05, 0) is 98.7 Å². The van der Waals surface area contributed by atoms with Crippen LogP contribution in [-0.4, -0.2) is 21.8 Å². The Kier molecular flexibility index (Phi) is 6.26. The van der Waals surface area contributed by atoms with Crippen molar-refractivity contribution in [3.8, 4) is 11.4 Å². The van der Waals surface area contributed by atoms with Gasteiger partial charge in [0, 0.05) is 34.0 Å². The first-order valence-corrected chi connectivity index (χ1v) is 12.3. The van der Waals surface area contributed by atoms with E-state index >= 15 is 0 Å². The second-order valence-electron chi connectivity index (χ2n) is 8.79. The first-order chi connectivity index (χ1) is 16.9. The summed E-state index contributed by atoms with van der Waals surface area (Å²) in [6.45, 7) is 6.40. The fourth-order valence-corrected chi connectivity index (χ4v) is 5.49. The Balaban J connectivity index is 1.68. The molecule has 1 aliphatic heterocycles. The molecule has 0 spiro atoms. The number of pyridine rings is 1. The van der Waals surface area contributed by atoms with Crippen LogP contribution in [0.5, 0.6) is 5.75 Å². The van der Waals surface area contributed by atoms with Gasteiger partial charge < -0.3 is 19.5 Å². The van der Waals surface area contributed by atoms with E-state index in [9.17, 15) is 0 Å². The van der Waals surface area contributed by atoms with Crippen molar-refractivity contribution in [2.75, 3.05) is 12.0 Å². The molecule has 0 amide bonds. The van der Waals surface area contributed by atoms with Gasteiger partial charge >= 0.3 is 0 Å². The molecule has 5 rings (SSSR count). The van der Waals surface area contributed by atoms with Crippen LogP contribution in [0.15, 0.2) is 72.9 Å². The van der Waals surface area contributed by atoms with Gasteiger partial charge in [0.2, 0.25) is 0 Å². The van der Waals surface area contributed by atoms with Crippen LogP contribution in [0.2, 0.25) is 5.02 Å². The highest BCUT2D eigenvalue weighted by Gasteiger charge is 2.42. The van der Waals surface area contributed by atoms with Crippen molar-refractivity contribution in [1.29, 1.82) is 0 Å². The maximum atomic E-state index is 6.39. The molecule has 2 aromatic carbocycles. The normalized spacial score (nSPS) is 17.5. The van der Waals surface area contributed by atoms with E-state index in [0.717, 1.165) is 44.8 Å². The highest BCUT2D eigenvalue weighted by atomic mass is 35.5. The Labute approximate surface area is 216 Å². The molecule has 2 aromatic heterocycles. The Hall–Kier alpha value is -3.35. The molecule has 5 nitrogen and oxygen atoms in total. The summed E-state index contributed by atoms with van der Waals surface area (Å²) in [7, 11) is 1.67. The summed E-state index contributed by atoms with van der Waals surface area (Å²) in [5.74, 6) is 0.805. The molecule has 4 aromatic rings. The SMILES string of the molecule is COc1ccc(N2C(=S)N[C@H](c3ccccn3)[C@H]2c2cc(C)n(-c3cc(Cl)ccc3C)c2C)cc1. The number of nitrogens with zero attached hydrogens (tertiary/aromatic N) is 3. The van der Waals surface area contributed by atoms with Crippen LogP contribution in [-0.2, 0) is 0 Å². The maximum Gasteiger partial charge on any atom is 0.174 e. The number of benzene rings is 2. The average Bonchev–Trinajstić information content (AvgIpc) is 3.36. The monoisotopic (exact) mass is 502 g/mol. The van der Waals surface area contributed by atoms with Crippen molar-refractivity contribution >= 4 is 34.6 Å². The highest BCUT2D eigenvalue weighted by Crippen LogP contribution is 2.44. The topological polar surface area (TPSA) is 42.3 Å². The minimum atomic E-state index is -0.111. The Morgan fingerprint density at radius 2 is 1.77 bits per heavy atom. The van der Waals surface area contributed by atoms with Gasteiger partial charge in [0.25, 0.3) is 0 Å². The van der Waals surface area contributed by atoms with Crippen LogP contribution in [0.25, 0.3) is 5.69 Å². The van der Waals surface area contributed by atoms with Gasteiger partial charge in [-0.3, -0.25) is 4.98 Å². The molecule has 7 heteroatoms. The molecule has 0 saturated carbocycles. The summed E-state index contributed by atoms with van der Waals surface area (Å²) in [5.41, 5.74) is 7.64. The van der Waals surface area contributed by atoms with Crippen molar-refractivity contribution in [2.24, 2.45) is 0 Å². The van der Waals surface area contributed by atoms with Gasteiger partial charge in [0.05, 0.1) is 24.9 Å². The number of methoxy groups -OCH3 is 1. The third-order valence-electron chi connectivity index (χ3n) is 6.65. The van der Waals surface area contributed by atoms with Gasteiger partial charge in [-0.25, -0.2) is 0 Å². The lowest BCUT2D eigenvalue weighted by Crippen LogP contribution is -2.29. The zero-order valence-corrected chi connectivity index (χ0v) is 21.7. The third-order valence-corrected chi connectivity index (χ3v) is 7.20. The van der Waals surface area contributed by atoms with Crippen molar-refractivity contribution < 1.29 is 4.74 Å². The molecule has 0 bridgehead atoms. The van der Waals surface area contributed by atoms with Crippen LogP contribution in [0.3, 0.4) is 0 Å². The number of rotatable bonds is 5. The lowest BCUT2D eigenvalue weighted by molar-refractivity contribution is 0.415. The fraction of sp³-hybridized carbons (Fsp3) is 0.214. The molecule has 0 unspecified atom stereocenters. The number of thiocarbonyl (C=S) groups is 1. The molecule has 2 atom stereocenters. The van der Waals surface area contributed by atoms with Crippen molar-refractivity contribution in [3.63, 3.8) is 0 Å². The van der Waals surface area contributed by atoms with Crippen molar-refractivity contribution in [1.82, 2.24) is 14.9 Å². The van der Waals surface area contributed by atoms with Gasteiger partial charge in [0.1, 0.15) is 5.75 Å². The Bertz CT molecular complexity index is 1380. The number of nitrogens with one attached hydrogen (secondary N) is 1. The predicted octanol–water partition coefficient (Wildman–Crippen LogP) is 6.64. The van der Waals surface area contributed by atoms with Crippen molar-refractivity contribution in [2.45, 2.75) is 32.9 Å². The molecule has 1 saturated heterocycles. The summed E-state index contributed by atoms with van der Waals surface area (Å²) in [6.07, 6.45) is 1.83. The van der Waals surface area contributed by atoms with Crippen LogP contribution >= 0.6 is 23.8 Å². The van der Waals surface area contributed by atoms with Gasteiger partial charge in [0.15, 0.2) is 5.11 Å². The lowest BCUT2D eigenvalue weighted by atomic mass is 9.96. The number of ether oxygens (including phenoxy) is 1. The molecule has 35 heavy (non-hydrogen) atoms. The van der Waals surface area contributed by atoms with E-state index in [1.807, 2.05) is 60.8 Å². The first-order valence-electron chi connectivity index (χ1n) is 11.5. The third kappa shape index (κ3) is 4.17. The standard InChI is InChI=1S/C28H27ClN4OS/c1-17-8-9-20(29)16-25(17)32-18(2)15-23(19(32)3)27-26(24-7-5-6-14-30-24)31-28(35)33(27)21-10-12-22(34-4)13-11-21/h5-16,26-27H,1-4H3,(H,31,35)/t26-,27-/m1/s1. The minimum Gasteiger partial charge on any atom is -0.497 e. The van der Waals surface area contributed by atoms with Crippen molar-refractivity contribution in [3.05, 3.63) is 106 Å². The molecule has 178 valence electrons. The van der Waals surface area contributed by atoms with Gasteiger partial charge in [-0.1, -0.05) is 23.7 Å². The largest absolute Gasteiger partial charge is 0.497 e. The summed E-state index contributed by atoms with van der Waals surface area (Å²) in [6, 6.07) is 22.1. The fourth-order valence-electron chi connectivity index (χ4n) is 4.97. The van der Waals surface area contributed by atoms with Crippen LogP contribution < -0.4 is 15.0 Å². The summed E-state index contributed by atoms with van der Waals surface area (Å²) in [5, 5.41) is 4.93. The number of aromatic nitrogens is 2. The molecule has 1 fully saturated rings. The summed E-state index contributed by atoms with van der Waals surface area (Å²) < 4.78 is 7.65. The number of halogens is 1. The summed E-state index contributed by atoms with van der Waals surface area (Å²) in [4.78, 5) is 6.86. The molecule has 1 aliphatic rings. The van der Waals surface area contributed by atoms with E-state index in [0.29, 0.717) is 5.11 Å². The summed E-state index contributed by atoms with van der Waals surface area (Å²) >= 11 is 12.3. The minimum absolute atomic E-state index is 0.0924. The molecular weight excluding hydrogens is 476 g/mol. The van der Waals surface area contributed by atoms with Crippen LogP contribution in [0, 0.1) is 20.8 Å². The molecular formula is C28H27ClN4OS. The Morgan fingerprint density at radius 1 is 1.00 bits per heavy atom. The molecule has 0 radical (unpaired) electrons. The first kappa shape index (κ1) is 23.4. The van der Waals surface area contributed by atoms with E-state index in [4.69, 9.17) is 28.6 Å². The van der Waals surface area contributed by atoms with Crippen LogP contribution in [0.4, 0.5) is 5.69 Å². The van der Waals surface area contributed by atoms with Gasteiger partial charge in [-0.2, -0.15) is 0 Å². The van der Waals surface area contributed by atoms with E-state index < -0.39 is 0 Å². The lowest BCUT2D eigenvalue weighted by Gasteiger charge is -2.28. The van der Waals surface area contributed by atoms with E-state index in [2.05, 4.69) is 52.7 Å². The zero-order chi connectivity index (χ0) is 24.7. The molecule has 1 N–H and O–H groups in total. The van der Waals surface area contributed by atoms with E-state index in [1.165, 1.54) is 5.56 Å². The maximum absolute atomic E-state index is 6.39. The molecule has 3 heterocycles. The second kappa shape index (κ2) is 9.36. The second-order valence-corrected chi connectivity index (χ2v) is 9.61. The van der Waals surface area contributed by atoms with E-state index in [-0.39, 0.29) is 12.1 Å². The highest BCUT2D eigenvalue weighted by molar-refractivity contribution is 7.80.